The van der Waals surface area contributed by atoms with Crippen LogP contribution in [0.3, 0.4) is 0 Å². The minimum absolute atomic E-state index is 0.313. The van der Waals surface area contributed by atoms with Crippen molar-refractivity contribution in [3.8, 4) is 0 Å². The zero-order valence-corrected chi connectivity index (χ0v) is 11.7. The van der Waals surface area contributed by atoms with Gasteiger partial charge >= 0.3 is 5.69 Å². The Bertz CT molecular complexity index is 547. The maximum absolute atomic E-state index is 11.6. The Morgan fingerprint density at radius 1 is 1.28 bits per heavy atom. The van der Waals surface area contributed by atoms with Gasteiger partial charge in [-0.1, -0.05) is 6.92 Å². The topological polar surface area (TPSA) is 73.1 Å². The molecule has 102 valence electrons. The Morgan fingerprint density at radius 2 is 1.94 bits per heavy atom. The highest BCUT2D eigenvalue weighted by Crippen LogP contribution is 1.89. The van der Waals surface area contributed by atoms with Crippen molar-refractivity contribution in [3.63, 3.8) is 0 Å². The van der Waals surface area contributed by atoms with Crippen LogP contribution in [0.4, 0.5) is 0 Å². The van der Waals surface area contributed by atoms with Crippen molar-refractivity contribution in [2.75, 3.05) is 18.1 Å². The lowest BCUT2D eigenvalue weighted by atomic mass is 10.4. The molecule has 1 rings (SSSR count). The standard InChI is InChI=1S/C11H19N3O3S/c1-4-18(17)6-5-12-8-9-7-10(15)14(3)11(16)13(9)2/h7,12H,4-6,8H2,1-3H3. The first-order valence-corrected chi connectivity index (χ1v) is 7.27. The third-order valence-corrected chi connectivity index (χ3v) is 4.06. The summed E-state index contributed by atoms with van der Waals surface area (Å²) >= 11 is 0. The molecule has 0 saturated carbocycles. The van der Waals surface area contributed by atoms with Gasteiger partial charge < -0.3 is 5.32 Å². The number of hydrogen-bond donors (Lipinski definition) is 1. The van der Waals surface area contributed by atoms with E-state index in [1.807, 2.05) is 6.92 Å². The predicted molar refractivity (Wildman–Crippen MR) is 72.2 cm³/mol. The third kappa shape index (κ3) is 3.64. The van der Waals surface area contributed by atoms with Gasteiger partial charge in [0.25, 0.3) is 5.56 Å². The molecule has 1 N–H and O–H groups in total. The first-order chi connectivity index (χ1) is 8.47. The van der Waals surface area contributed by atoms with Crippen molar-refractivity contribution in [2.24, 2.45) is 14.1 Å². The highest BCUT2D eigenvalue weighted by atomic mass is 32.2. The normalized spacial score (nSPS) is 12.6. The first kappa shape index (κ1) is 14.8. The third-order valence-electron chi connectivity index (χ3n) is 2.76. The number of rotatable bonds is 6. The van der Waals surface area contributed by atoms with Gasteiger partial charge in [-0.3, -0.25) is 18.1 Å². The van der Waals surface area contributed by atoms with E-state index in [9.17, 15) is 13.8 Å². The van der Waals surface area contributed by atoms with Crippen LogP contribution in [-0.4, -0.2) is 31.4 Å². The van der Waals surface area contributed by atoms with Gasteiger partial charge in [0.1, 0.15) is 0 Å². The number of aromatic nitrogens is 2. The molecule has 1 unspecified atom stereocenters. The predicted octanol–water partition coefficient (Wildman–Crippen LogP) is -1.06. The lowest BCUT2D eigenvalue weighted by molar-refractivity contribution is 0.610. The van der Waals surface area contributed by atoms with Gasteiger partial charge in [-0.2, -0.15) is 0 Å². The molecule has 1 aromatic rings. The molecule has 0 fully saturated rings. The summed E-state index contributed by atoms with van der Waals surface area (Å²) in [7, 11) is 2.28. The Balaban J connectivity index is 2.67. The minimum Gasteiger partial charge on any atom is -0.310 e. The summed E-state index contributed by atoms with van der Waals surface area (Å²) in [5.74, 6) is 1.22. The molecule has 6 nitrogen and oxygen atoms in total. The fraction of sp³-hybridized carbons (Fsp3) is 0.636. The molecular formula is C11H19N3O3S. The highest BCUT2D eigenvalue weighted by molar-refractivity contribution is 7.84. The van der Waals surface area contributed by atoms with E-state index in [-0.39, 0.29) is 11.2 Å². The monoisotopic (exact) mass is 273 g/mol. The zero-order chi connectivity index (χ0) is 13.7. The molecule has 0 aliphatic rings. The zero-order valence-electron chi connectivity index (χ0n) is 10.9. The molecule has 0 aliphatic carbocycles. The van der Waals surface area contributed by atoms with Crippen LogP contribution in [0.15, 0.2) is 15.7 Å². The molecule has 0 aliphatic heterocycles. The second-order valence-electron chi connectivity index (χ2n) is 3.98. The van der Waals surface area contributed by atoms with E-state index < -0.39 is 10.8 Å². The van der Waals surface area contributed by atoms with Crippen molar-refractivity contribution in [1.29, 1.82) is 0 Å². The highest BCUT2D eigenvalue weighted by Gasteiger charge is 2.05. The van der Waals surface area contributed by atoms with Gasteiger partial charge in [0, 0.05) is 61.3 Å². The second-order valence-corrected chi connectivity index (χ2v) is 5.85. The Kier molecular flexibility index (Phi) is 5.49. The maximum atomic E-state index is 11.6. The first-order valence-electron chi connectivity index (χ1n) is 5.79. The molecule has 7 heteroatoms. The molecule has 1 aromatic heterocycles. The van der Waals surface area contributed by atoms with E-state index in [1.165, 1.54) is 17.7 Å². The molecule has 18 heavy (non-hydrogen) atoms. The SMILES string of the molecule is CCS(=O)CCNCc1cc(=O)n(C)c(=O)n1C. The fourth-order valence-electron chi connectivity index (χ4n) is 1.49. The second kappa shape index (κ2) is 6.65. The van der Waals surface area contributed by atoms with Crippen LogP contribution < -0.4 is 16.6 Å². The lowest BCUT2D eigenvalue weighted by Gasteiger charge is -2.10. The maximum Gasteiger partial charge on any atom is 0.330 e. The van der Waals surface area contributed by atoms with E-state index in [4.69, 9.17) is 0 Å². The van der Waals surface area contributed by atoms with Gasteiger partial charge in [-0.25, -0.2) is 4.79 Å². The largest absolute Gasteiger partial charge is 0.330 e. The summed E-state index contributed by atoms with van der Waals surface area (Å²) in [6, 6.07) is 1.44. The van der Waals surface area contributed by atoms with Crippen LogP contribution in [0.1, 0.15) is 12.6 Å². The van der Waals surface area contributed by atoms with E-state index in [2.05, 4.69) is 5.32 Å². The quantitative estimate of drug-likeness (QED) is 0.671. The van der Waals surface area contributed by atoms with E-state index in [0.717, 1.165) is 4.57 Å². The minimum atomic E-state index is -0.800. The number of nitrogens with zero attached hydrogens (tertiary/aromatic N) is 2. The Labute approximate surface area is 108 Å². The summed E-state index contributed by atoms with van der Waals surface area (Å²) in [5, 5.41) is 3.08. The van der Waals surface area contributed by atoms with Crippen LogP contribution in [0.25, 0.3) is 0 Å². The molecule has 1 atom stereocenters. The van der Waals surface area contributed by atoms with E-state index >= 15 is 0 Å². The average molecular weight is 273 g/mol. The van der Waals surface area contributed by atoms with E-state index in [0.29, 0.717) is 30.3 Å². The molecule has 0 bridgehead atoms. The van der Waals surface area contributed by atoms with E-state index in [1.54, 1.807) is 7.05 Å². The van der Waals surface area contributed by atoms with Crippen LogP contribution in [0, 0.1) is 0 Å². The van der Waals surface area contributed by atoms with Crippen LogP contribution >= 0.6 is 0 Å². The van der Waals surface area contributed by atoms with Gasteiger partial charge in [-0.05, 0) is 0 Å². The summed E-state index contributed by atoms with van der Waals surface area (Å²) < 4.78 is 13.7. The molecular weight excluding hydrogens is 254 g/mol. The average Bonchev–Trinajstić information content (AvgIpc) is 2.37. The fourth-order valence-corrected chi connectivity index (χ4v) is 2.16. The van der Waals surface area contributed by atoms with Gasteiger partial charge in [-0.15, -0.1) is 0 Å². The molecule has 0 saturated heterocycles. The Morgan fingerprint density at radius 3 is 2.56 bits per heavy atom. The summed E-state index contributed by atoms with van der Waals surface area (Å²) in [4.78, 5) is 23.1. The molecule has 0 spiro atoms. The van der Waals surface area contributed by atoms with Crippen LogP contribution in [-0.2, 0) is 31.4 Å². The molecule has 0 aromatic carbocycles. The van der Waals surface area contributed by atoms with Crippen molar-refractivity contribution in [3.05, 3.63) is 32.6 Å². The van der Waals surface area contributed by atoms with Gasteiger partial charge in [0.2, 0.25) is 0 Å². The summed E-state index contributed by atoms with van der Waals surface area (Å²) in [5.41, 5.74) is -0.0196. The molecule has 0 radical (unpaired) electrons. The molecule has 1 heterocycles. The van der Waals surface area contributed by atoms with Crippen molar-refractivity contribution in [1.82, 2.24) is 14.5 Å². The smallest absolute Gasteiger partial charge is 0.310 e. The van der Waals surface area contributed by atoms with Crippen LogP contribution in [0.2, 0.25) is 0 Å². The molecule has 0 amide bonds. The van der Waals surface area contributed by atoms with Gasteiger partial charge in [0.05, 0.1) is 0 Å². The lowest BCUT2D eigenvalue weighted by Crippen LogP contribution is -2.39. The number of nitrogens with one attached hydrogen (secondary N) is 1. The van der Waals surface area contributed by atoms with Gasteiger partial charge in [0.15, 0.2) is 0 Å². The Hall–Kier alpha value is -1.21. The van der Waals surface area contributed by atoms with Crippen LogP contribution in [0.5, 0.6) is 0 Å². The summed E-state index contributed by atoms with van der Waals surface area (Å²) in [6.07, 6.45) is 0. The van der Waals surface area contributed by atoms with Crippen molar-refractivity contribution < 1.29 is 4.21 Å². The van der Waals surface area contributed by atoms with Crippen molar-refractivity contribution in [2.45, 2.75) is 13.5 Å². The van der Waals surface area contributed by atoms with Crippen molar-refractivity contribution >= 4 is 10.8 Å². The number of hydrogen-bond acceptors (Lipinski definition) is 4. The summed E-state index contributed by atoms with van der Waals surface area (Å²) in [6.45, 7) is 2.90.